The molecule has 0 unspecified atom stereocenters. The van der Waals surface area contributed by atoms with E-state index in [0.29, 0.717) is 23.6 Å². The first-order chi connectivity index (χ1) is 12.0. The predicted molar refractivity (Wildman–Crippen MR) is 95.7 cm³/mol. The molecule has 0 spiro atoms. The molecule has 2 aromatic carbocycles. The minimum atomic E-state index is -0.676. The second-order valence-corrected chi connectivity index (χ2v) is 5.79. The Balaban J connectivity index is 1.93. The predicted octanol–water partition coefficient (Wildman–Crippen LogP) is 3.25. The van der Waals surface area contributed by atoms with Crippen LogP contribution in [0.5, 0.6) is 11.5 Å². The number of nitrogens with one attached hydrogen (secondary N) is 1. The summed E-state index contributed by atoms with van der Waals surface area (Å²) in [6, 6.07) is 16.9. The lowest BCUT2D eigenvalue weighted by Crippen LogP contribution is -2.38. The van der Waals surface area contributed by atoms with Gasteiger partial charge in [-0.05, 0) is 30.5 Å². The summed E-state index contributed by atoms with van der Waals surface area (Å²) in [5.74, 6) is 0.868. The van der Waals surface area contributed by atoms with Crippen LogP contribution in [0.3, 0.4) is 0 Å². The summed E-state index contributed by atoms with van der Waals surface area (Å²) in [5, 5.41) is 11.8. The topological polar surface area (TPSA) is 71.3 Å². The molecule has 130 valence electrons. The van der Waals surface area contributed by atoms with Crippen molar-refractivity contribution >= 4 is 5.91 Å². The van der Waals surface area contributed by atoms with Gasteiger partial charge in [-0.3, -0.25) is 4.79 Å². The second kappa shape index (κ2) is 8.74. The van der Waals surface area contributed by atoms with Gasteiger partial charge < -0.3 is 14.8 Å². The van der Waals surface area contributed by atoms with Gasteiger partial charge in [0.1, 0.15) is 0 Å². The smallest absolute Gasteiger partial charge is 0.260 e. The van der Waals surface area contributed by atoms with E-state index in [1.807, 2.05) is 36.4 Å². The maximum absolute atomic E-state index is 12.3. The number of carbonyl (C=O) groups excluding carboxylic acids is 1. The van der Waals surface area contributed by atoms with E-state index in [9.17, 15) is 4.79 Å². The van der Waals surface area contributed by atoms with Crippen molar-refractivity contribution in [2.75, 3.05) is 13.7 Å². The molecular weight excluding hydrogens is 316 g/mol. The highest BCUT2D eigenvalue weighted by Gasteiger charge is 2.18. The summed E-state index contributed by atoms with van der Waals surface area (Å²) in [5.41, 5.74) is 1.64. The molecule has 0 fully saturated rings. The lowest BCUT2D eigenvalue weighted by molar-refractivity contribution is -0.127. The molecule has 2 aromatic rings. The van der Waals surface area contributed by atoms with Crippen molar-refractivity contribution in [2.24, 2.45) is 0 Å². The van der Waals surface area contributed by atoms with Crippen LogP contribution in [0.15, 0.2) is 48.5 Å². The van der Waals surface area contributed by atoms with Crippen molar-refractivity contribution in [3.8, 4) is 17.6 Å². The SMILES string of the molecule is COc1cc(C#N)ccc1O[C@@H](C)C(=O)NC[C@@H](C)c1ccccc1. The van der Waals surface area contributed by atoms with Crippen LogP contribution in [0, 0.1) is 11.3 Å². The molecule has 25 heavy (non-hydrogen) atoms. The van der Waals surface area contributed by atoms with Gasteiger partial charge in [-0.25, -0.2) is 0 Å². The van der Waals surface area contributed by atoms with Gasteiger partial charge in [-0.2, -0.15) is 5.26 Å². The molecule has 0 saturated carbocycles. The van der Waals surface area contributed by atoms with Gasteiger partial charge in [0.15, 0.2) is 17.6 Å². The van der Waals surface area contributed by atoms with Crippen LogP contribution in [0.25, 0.3) is 0 Å². The average molecular weight is 338 g/mol. The first-order valence-corrected chi connectivity index (χ1v) is 8.12. The van der Waals surface area contributed by atoms with Crippen LogP contribution >= 0.6 is 0 Å². The third-order valence-corrected chi connectivity index (χ3v) is 3.92. The summed E-state index contributed by atoms with van der Waals surface area (Å²) in [7, 11) is 1.50. The Morgan fingerprint density at radius 3 is 2.52 bits per heavy atom. The zero-order valence-corrected chi connectivity index (χ0v) is 14.7. The summed E-state index contributed by atoms with van der Waals surface area (Å²) >= 11 is 0. The van der Waals surface area contributed by atoms with Gasteiger partial charge in [-0.1, -0.05) is 37.3 Å². The average Bonchev–Trinajstić information content (AvgIpc) is 2.66. The zero-order chi connectivity index (χ0) is 18.2. The Morgan fingerprint density at radius 2 is 1.88 bits per heavy atom. The third-order valence-electron chi connectivity index (χ3n) is 3.92. The van der Waals surface area contributed by atoms with Gasteiger partial charge in [0.2, 0.25) is 0 Å². The Hall–Kier alpha value is -3.00. The largest absolute Gasteiger partial charge is 0.493 e. The highest BCUT2D eigenvalue weighted by molar-refractivity contribution is 5.80. The van der Waals surface area contributed by atoms with Gasteiger partial charge in [0, 0.05) is 12.6 Å². The van der Waals surface area contributed by atoms with Crippen LogP contribution in [-0.2, 0) is 4.79 Å². The number of hydrogen-bond acceptors (Lipinski definition) is 4. The molecule has 0 aliphatic rings. The minimum absolute atomic E-state index is 0.200. The maximum atomic E-state index is 12.3. The van der Waals surface area contributed by atoms with Gasteiger partial charge >= 0.3 is 0 Å². The van der Waals surface area contributed by atoms with E-state index < -0.39 is 6.10 Å². The molecule has 0 aliphatic heterocycles. The highest BCUT2D eigenvalue weighted by atomic mass is 16.5. The van der Waals surface area contributed by atoms with Crippen molar-refractivity contribution in [2.45, 2.75) is 25.9 Å². The molecule has 5 heteroatoms. The first-order valence-electron chi connectivity index (χ1n) is 8.12. The van der Waals surface area contributed by atoms with Crippen molar-refractivity contribution in [3.05, 3.63) is 59.7 Å². The molecule has 1 N–H and O–H groups in total. The fourth-order valence-corrected chi connectivity index (χ4v) is 2.38. The fraction of sp³-hybridized carbons (Fsp3) is 0.300. The number of ether oxygens (including phenoxy) is 2. The molecule has 1 amide bonds. The van der Waals surface area contributed by atoms with E-state index in [1.165, 1.54) is 12.7 Å². The Labute approximate surface area is 148 Å². The first kappa shape index (κ1) is 18.3. The fourth-order valence-electron chi connectivity index (χ4n) is 2.38. The Morgan fingerprint density at radius 1 is 1.16 bits per heavy atom. The summed E-state index contributed by atoms with van der Waals surface area (Å²) in [4.78, 5) is 12.3. The summed E-state index contributed by atoms with van der Waals surface area (Å²) in [6.07, 6.45) is -0.676. The second-order valence-electron chi connectivity index (χ2n) is 5.79. The number of rotatable bonds is 7. The number of hydrogen-bond donors (Lipinski definition) is 1. The number of methoxy groups -OCH3 is 1. The van der Waals surface area contributed by atoms with E-state index in [4.69, 9.17) is 14.7 Å². The molecule has 0 aromatic heterocycles. The van der Waals surface area contributed by atoms with Crippen LogP contribution < -0.4 is 14.8 Å². The van der Waals surface area contributed by atoms with E-state index in [2.05, 4.69) is 12.2 Å². The Kier molecular flexibility index (Phi) is 6.41. The van der Waals surface area contributed by atoms with E-state index in [-0.39, 0.29) is 11.8 Å². The molecule has 0 saturated heterocycles. The van der Waals surface area contributed by atoms with Crippen molar-refractivity contribution < 1.29 is 14.3 Å². The number of nitriles is 1. The molecular formula is C20H22N2O3. The highest BCUT2D eigenvalue weighted by Crippen LogP contribution is 2.28. The van der Waals surface area contributed by atoms with Gasteiger partial charge in [-0.15, -0.1) is 0 Å². The van der Waals surface area contributed by atoms with E-state index in [1.54, 1.807) is 25.1 Å². The number of carbonyl (C=O) groups is 1. The molecule has 5 nitrogen and oxygen atoms in total. The molecule has 2 atom stereocenters. The summed E-state index contributed by atoms with van der Waals surface area (Å²) in [6.45, 7) is 4.27. The monoisotopic (exact) mass is 338 g/mol. The lowest BCUT2D eigenvalue weighted by Gasteiger charge is -2.18. The number of nitrogens with zero attached hydrogens (tertiary/aromatic N) is 1. The van der Waals surface area contributed by atoms with Gasteiger partial charge in [0.25, 0.3) is 5.91 Å². The molecule has 0 bridgehead atoms. The molecule has 0 radical (unpaired) electrons. The quantitative estimate of drug-likeness (QED) is 0.841. The minimum Gasteiger partial charge on any atom is -0.493 e. The number of benzene rings is 2. The van der Waals surface area contributed by atoms with E-state index >= 15 is 0 Å². The molecule has 0 heterocycles. The van der Waals surface area contributed by atoms with Gasteiger partial charge in [0.05, 0.1) is 18.7 Å². The van der Waals surface area contributed by atoms with Crippen LogP contribution in [0.4, 0.5) is 0 Å². The standard InChI is InChI=1S/C20H22N2O3/c1-14(17-7-5-4-6-8-17)13-22-20(23)15(2)25-18-10-9-16(12-21)11-19(18)24-3/h4-11,14-15H,13H2,1-3H3,(H,22,23)/t14-,15+/m1/s1. The maximum Gasteiger partial charge on any atom is 0.260 e. The van der Waals surface area contributed by atoms with Crippen molar-refractivity contribution in [1.82, 2.24) is 5.32 Å². The van der Waals surface area contributed by atoms with Crippen LogP contribution in [0.2, 0.25) is 0 Å². The molecule has 0 aliphatic carbocycles. The van der Waals surface area contributed by atoms with E-state index in [0.717, 1.165) is 0 Å². The molecule has 2 rings (SSSR count). The third kappa shape index (κ3) is 4.98. The number of amides is 1. The van der Waals surface area contributed by atoms with Crippen molar-refractivity contribution in [3.63, 3.8) is 0 Å². The lowest BCUT2D eigenvalue weighted by atomic mass is 10.0. The van der Waals surface area contributed by atoms with Crippen LogP contribution in [0.1, 0.15) is 30.9 Å². The van der Waals surface area contributed by atoms with Crippen LogP contribution in [-0.4, -0.2) is 25.7 Å². The zero-order valence-electron chi connectivity index (χ0n) is 14.7. The summed E-state index contributed by atoms with van der Waals surface area (Å²) < 4.78 is 10.9. The van der Waals surface area contributed by atoms with Crippen molar-refractivity contribution in [1.29, 1.82) is 5.26 Å². The Bertz CT molecular complexity index is 753. The normalized spacial score (nSPS) is 12.6.